The van der Waals surface area contributed by atoms with Crippen LogP contribution in [0.1, 0.15) is 35.6 Å². The molecule has 0 radical (unpaired) electrons. The molecule has 2 aromatic carbocycles. The number of carbonyl (C=O) groups excluding carboxylic acids is 1. The topological polar surface area (TPSA) is 41.1 Å². The van der Waals surface area contributed by atoms with Crippen LogP contribution < -0.4 is 10.6 Å². The summed E-state index contributed by atoms with van der Waals surface area (Å²) in [6.07, 6.45) is 1.98. The summed E-state index contributed by atoms with van der Waals surface area (Å²) in [7, 11) is 0. The van der Waals surface area contributed by atoms with Crippen molar-refractivity contribution in [3.05, 3.63) is 70.8 Å². The molecule has 3 nitrogen and oxygen atoms in total. The second-order valence-corrected chi connectivity index (χ2v) is 6.23. The smallest absolute Gasteiger partial charge is 0.241 e. The summed E-state index contributed by atoms with van der Waals surface area (Å²) in [6, 6.07) is 10.5. The fourth-order valence-corrected chi connectivity index (χ4v) is 2.50. The van der Waals surface area contributed by atoms with E-state index in [4.69, 9.17) is 0 Å². The number of hydrogen-bond donors (Lipinski definition) is 2. The van der Waals surface area contributed by atoms with Crippen LogP contribution in [0.25, 0.3) is 0 Å². The fraction of sp³-hybridized carbons (Fsp3) is 0.316. The summed E-state index contributed by atoms with van der Waals surface area (Å²) in [5.41, 5.74) is 2.02. The Kier molecular flexibility index (Phi) is 4.90. The summed E-state index contributed by atoms with van der Waals surface area (Å²) in [4.78, 5) is 12.5. The Bertz CT molecular complexity index is 727. The van der Waals surface area contributed by atoms with E-state index in [0.717, 1.165) is 18.4 Å². The maximum absolute atomic E-state index is 13.7. The van der Waals surface area contributed by atoms with Gasteiger partial charge in [-0.25, -0.2) is 8.78 Å². The normalized spacial score (nSPS) is 15.1. The molecular formula is C19H20F2N2O. The second-order valence-electron chi connectivity index (χ2n) is 6.23. The molecule has 1 saturated carbocycles. The quantitative estimate of drug-likeness (QED) is 0.852. The number of carbonyl (C=O) groups is 1. The molecule has 1 fully saturated rings. The second kappa shape index (κ2) is 7.09. The first-order valence-corrected chi connectivity index (χ1v) is 8.07. The van der Waals surface area contributed by atoms with Gasteiger partial charge in [-0.15, -0.1) is 0 Å². The van der Waals surface area contributed by atoms with E-state index >= 15 is 0 Å². The van der Waals surface area contributed by atoms with Crippen LogP contribution in [0, 0.1) is 18.6 Å². The monoisotopic (exact) mass is 330 g/mol. The first-order valence-electron chi connectivity index (χ1n) is 8.07. The zero-order valence-electron chi connectivity index (χ0n) is 13.5. The van der Waals surface area contributed by atoms with Crippen LogP contribution >= 0.6 is 0 Å². The lowest BCUT2D eigenvalue weighted by Gasteiger charge is -2.19. The molecule has 1 atom stereocenters. The van der Waals surface area contributed by atoms with Crippen LogP contribution in [0.5, 0.6) is 0 Å². The minimum absolute atomic E-state index is 0.142. The van der Waals surface area contributed by atoms with Gasteiger partial charge in [0, 0.05) is 12.6 Å². The molecule has 5 heteroatoms. The highest BCUT2D eigenvalue weighted by Crippen LogP contribution is 2.22. The van der Waals surface area contributed by atoms with Crippen LogP contribution in [-0.4, -0.2) is 11.9 Å². The summed E-state index contributed by atoms with van der Waals surface area (Å²) in [6.45, 7) is 2.05. The Morgan fingerprint density at radius 1 is 1.17 bits per heavy atom. The van der Waals surface area contributed by atoms with Crippen molar-refractivity contribution in [2.75, 3.05) is 0 Å². The van der Waals surface area contributed by atoms with E-state index in [0.29, 0.717) is 17.7 Å². The van der Waals surface area contributed by atoms with E-state index in [2.05, 4.69) is 10.6 Å². The Hall–Kier alpha value is -2.27. The van der Waals surface area contributed by atoms with Gasteiger partial charge in [-0.2, -0.15) is 0 Å². The predicted octanol–water partition coefficient (Wildman–Crippen LogP) is 3.38. The van der Waals surface area contributed by atoms with Crippen molar-refractivity contribution < 1.29 is 13.6 Å². The van der Waals surface area contributed by atoms with Gasteiger partial charge in [-0.3, -0.25) is 10.1 Å². The summed E-state index contributed by atoms with van der Waals surface area (Å²) in [5, 5.41) is 6.10. The molecule has 0 saturated heterocycles. The van der Waals surface area contributed by atoms with Crippen LogP contribution in [0.4, 0.5) is 8.78 Å². The minimum atomic E-state index is -0.601. The van der Waals surface area contributed by atoms with E-state index in [1.807, 2.05) is 6.07 Å². The molecule has 2 aromatic rings. The van der Waals surface area contributed by atoms with Crippen molar-refractivity contribution in [2.24, 2.45) is 0 Å². The number of aryl methyl sites for hydroxylation is 1. The SMILES string of the molecule is Cc1ccc(CNC(C(=O)NC2CC2)c2ccc(F)cc2)cc1F. The molecule has 2 N–H and O–H groups in total. The van der Waals surface area contributed by atoms with Gasteiger partial charge in [0.2, 0.25) is 5.91 Å². The third-order valence-corrected chi connectivity index (χ3v) is 4.14. The Balaban J connectivity index is 1.74. The molecule has 0 spiro atoms. The molecule has 0 bridgehead atoms. The molecule has 1 aliphatic carbocycles. The predicted molar refractivity (Wildman–Crippen MR) is 88.3 cm³/mol. The number of hydrogen-bond acceptors (Lipinski definition) is 2. The van der Waals surface area contributed by atoms with Crippen molar-refractivity contribution in [1.29, 1.82) is 0 Å². The van der Waals surface area contributed by atoms with Crippen LogP contribution in [0.3, 0.4) is 0 Å². The first kappa shape index (κ1) is 16.6. The lowest BCUT2D eigenvalue weighted by atomic mass is 10.0. The number of nitrogens with one attached hydrogen (secondary N) is 2. The molecule has 1 aliphatic rings. The number of rotatable bonds is 6. The van der Waals surface area contributed by atoms with Crippen LogP contribution in [0.2, 0.25) is 0 Å². The molecule has 3 rings (SSSR count). The average Bonchev–Trinajstić information content (AvgIpc) is 3.36. The zero-order valence-corrected chi connectivity index (χ0v) is 13.5. The van der Waals surface area contributed by atoms with Crippen molar-refractivity contribution in [1.82, 2.24) is 10.6 Å². The molecule has 0 aromatic heterocycles. The van der Waals surface area contributed by atoms with Gasteiger partial charge >= 0.3 is 0 Å². The fourth-order valence-electron chi connectivity index (χ4n) is 2.50. The van der Waals surface area contributed by atoms with E-state index in [-0.39, 0.29) is 23.6 Å². The van der Waals surface area contributed by atoms with Crippen molar-refractivity contribution in [2.45, 2.75) is 38.4 Å². The van der Waals surface area contributed by atoms with Gasteiger partial charge in [0.25, 0.3) is 0 Å². The van der Waals surface area contributed by atoms with E-state index in [1.165, 1.54) is 18.2 Å². The lowest BCUT2D eigenvalue weighted by molar-refractivity contribution is -0.123. The van der Waals surface area contributed by atoms with Gasteiger partial charge < -0.3 is 5.32 Å². The van der Waals surface area contributed by atoms with Gasteiger partial charge in [0.1, 0.15) is 17.7 Å². The molecule has 1 amide bonds. The maximum Gasteiger partial charge on any atom is 0.241 e. The third kappa shape index (κ3) is 4.17. The van der Waals surface area contributed by atoms with Gasteiger partial charge in [0.05, 0.1) is 0 Å². The highest BCUT2D eigenvalue weighted by Gasteiger charge is 2.28. The van der Waals surface area contributed by atoms with Crippen molar-refractivity contribution in [3.63, 3.8) is 0 Å². The number of benzene rings is 2. The van der Waals surface area contributed by atoms with Crippen LogP contribution in [-0.2, 0) is 11.3 Å². The average molecular weight is 330 g/mol. The molecule has 1 unspecified atom stereocenters. The highest BCUT2D eigenvalue weighted by atomic mass is 19.1. The van der Waals surface area contributed by atoms with Gasteiger partial charge in [-0.1, -0.05) is 24.3 Å². The Labute approximate surface area is 140 Å². The standard InChI is InChI=1S/C19H20F2N2O/c1-12-2-3-13(10-17(12)21)11-22-18(19(24)23-16-8-9-16)14-4-6-15(20)7-5-14/h2-7,10,16,18,22H,8-9,11H2,1H3,(H,23,24). The lowest BCUT2D eigenvalue weighted by Crippen LogP contribution is -2.38. The number of halogens is 2. The largest absolute Gasteiger partial charge is 0.352 e. The summed E-state index contributed by atoms with van der Waals surface area (Å²) in [5.74, 6) is -0.757. The molecule has 126 valence electrons. The third-order valence-electron chi connectivity index (χ3n) is 4.14. The Morgan fingerprint density at radius 3 is 2.50 bits per heavy atom. The van der Waals surface area contributed by atoms with Gasteiger partial charge in [-0.05, 0) is 54.7 Å². The minimum Gasteiger partial charge on any atom is -0.352 e. The van der Waals surface area contributed by atoms with E-state index < -0.39 is 6.04 Å². The maximum atomic E-state index is 13.7. The van der Waals surface area contributed by atoms with Gasteiger partial charge in [0.15, 0.2) is 0 Å². The van der Waals surface area contributed by atoms with Crippen molar-refractivity contribution >= 4 is 5.91 Å². The van der Waals surface area contributed by atoms with E-state index in [1.54, 1.807) is 25.1 Å². The molecule has 0 heterocycles. The summed E-state index contributed by atoms with van der Waals surface area (Å²) >= 11 is 0. The molecule has 24 heavy (non-hydrogen) atoms. The highest BCUT2D eigenvalue weighted by molar-refractivity contribution is 5.83. The Morgan fingerprint density at radius 2 is 1.88 bits per heavy atom. The van der Waals surface area contributed by atoms with Crippen molar-refractivity contribution in [3.8, 4) is 0 Å². The summed E-state index contributed by atoms with van der Waals surface area (Å²) < 4.78 is 26.8. The van der Waals surface area contributed by atoms with Crippen LogP contribution in [0.15, 0.2) is 42.5 Å². The van der Waals surface area contributed by atoms with E-state index in [9.17, 15) is 13.6 Å². The molecule has 0 aliphatic heterocycles. The number of amides is 1. The first-order chi connectivity index (χ1) is 11.5. The zero-order chi connectivity index (χ0) is 17.1. The molecular weight excluding hydrogens is 310 g/mol.